The predicted molar refractivity (Wildman–Crippen MR) is 132 cm³/mol. The molecule has 1 aromatic carbocycles. The number of ether oxygens (including phenoxy) is 2. The Morgan fingerprint density at radius 3 is 2.77 bits per heavy atom. The monoisotopic (exact) mass is 543 g/mol. The third kappa shape index (κ3) is 8.26. The van der Waals surface area contributed by atoms with Crippen LogP contribution in [0.5, 0.6) is 5.75 Å². The zero-order valence-corrected chi connectivity index (χ0v) is 20.7. The summed E-state index contributed by atoms with van der Waals surface area (Å²) in [6.07, 6.45) is 2.64. The van der Waals surface area contributed by atoms with Crippen LogP contribution in [0.1, 0.15) is 18.3 Å². The third-order valence-corrected chi connectivity index (χ3v) is 5.07. The second-order valence-corrected chi connectivity index (χ2v) is 7.06. The van der Waals surface area contributed by atoms with E-state index in [0.29, 0.717) is 13.2 Å². The van der Waals surface area contributed by atoms with Crippen LogP contribution in [0.4, 0.5) is 0 Å². The Labute approximate surface area is 201 Å². The van der Waals surface area contributed by atoms with Gasteiger partial charge in [0.25, 0.3) is 0 Å². The molecular weight excluding hydrogens is 509 g/mol. The zero-order valence-electron chi connectivity index (χ0n) is 18.4. The third-order valence-electron chi connectivity index (χ3n) is 5.07. The molecule has 1 saturated heterocycles. The summed E-state index contributed by atoms with van der Waals surface area (Å²) in [6, 6.07) is 8.13. The molecule has 31 heavy (non-hydrogen) atoms. The van der Waals surface area contributed by atoms with Gasteiger partial charge in [-0.1, -0.05) is 25.1 Å². The molecule has 9 nitrogen and oxygen atoms in total. The normalized spacial score (nSPS) is 14.7. The van der Waals surface area contributed by atoms with Crippen molar-refractivity contribution < 1.29 is 9.47 Å². The minimum absolute atomic E-state index is 0. The molecule has 0 bridgehead atoms. The van der Waals surface area contributed by atoms with Crippen molar-refractivity contribution in [3.63, 3.8) is 0 Å². The molecule has 1 aliphatic heterocycles. The van der Waals surface area contributed by atoms with Gasteiger partial charge in [0.05, 0.1) is 13.2 Å². The average molecular weight is 543 g/mol. The summed E-state index contributed by atoms with van der Waals surface area (Å²) >= 11 is 0. The van der Waals surface area contributed by atoms with Crippen LogP contribution < -0.4 is 15.4 Å². The Morgan fingerprint density at radius 1 is 1.19 bits per heavy atom. The van der Waals surface area contributed by atoms with Crippen LogP contribution in [0, 0.1) is 0 Å². The number of para-hydroxylation sites is 1. The van der Waals surface area contributed by atoms with Crippen LogP contribution >= 0.6 is 24.0 Å². The van der Waals surface area contributed by atoms with Gasteiger partial charge in [0.15, 0.2) is 5.96 Å². The molecule has 2 heterocycles. The number of aromatic nitrogens is 3. The van der Waals surface area contributed by atoms with Crippen LogP contribution in [0.15, 0.2) is 35.6 Å². The van der Waals surface area contributed by atoms with Gasteiger partial charge in [0.2, 0.25) is 0 Å². The highest BCUT2D eigenvalue weighted by Gasteiger charge is 2.11. The highest BCUT2D eigenvalue weighted by molar-refractivity contribution is 14.0. The maximum Gasteiger partial charge on any atom is 0.191 e. The van der Waals surface area contributed by atoms with E-state index >= 15 is 0 Å². The fraction of sp³-hybridized carbons (Fsp3) is 0.571. The van der Waals surface area contributed by atoms with Crippen LogP contribution in [0.3, 0.4) is 0 Å². The number of morpholine rings is 1. The average Bonchev–Trinajstić information content (AvgIpc) is 3.25. The van der Waals surface area contributed by atoms with E-state index in [1.54, 1.807) is 13.4 Å². The first-order chi connectivity index (χ1) is 14.8. The lowest BCUT2D eigenvalue weighted by molar-refractivity contribution is 0.0322. The first-order valence-electron chi connectivity index (χ1n) is 10.6. The maximum absolute atomic E-state index is 6.06. The quantitative estimate of drug-likeness (QED) is 0.267. The van der Waals surface area contributed by atoms with Gasteiger partial charge < -0.3 is 24.7 Å². The standard InChI is InChI=1S/C21H33N7O2.HI/c1-3-20-26-25-17-28(20)9-8-23-21(22-2)24-16-18-6-4-5-7-19(18)30-15-12-27-10-13-29-14-11-27;/h4-7,17H,3,8-16H2,1-2H3,(H2,22,23,24);1H. The van der Waals surface area contributed by atoms with E-state index in [4.69, 9.17) is 9.47 Å². The lowest BCUT2D eigenvalue weighted by Gasteiger charge is -2.26. The van der Waals surface area contributed by atoms with Crippen molar-refractivity contribution in [1.29, 1.82) is 0 Å². The van der Waals surface area contributed by atoms with E-state index in [9.17, 15) is 0 Å². The number of aliphatic imine (C=N–C) groups is 1. The minimum atomic E-state index is 0. The predicted octanol–water partition coefficient (Wildman–Crippen LogP) is 1.53. The van der Waals surface area contributed by atoms with Gasteiger partial charge in [-0.25, -0.2) is 0 Å². The summed E-state index contributed by atoms with van der Waals surface area (Å²) in [4.78, 5) is 6.68. The first-order valence-corrected chi connectivity index (χ1v) is 10.6. The fourth-order valence-corrected chi connectivity index (χ4v) is 3.33. The summed E-state index contributed by atoms with van der Waals surface area (Å²) in [6.45, 7) is 9.40. The highest BCUT2D eigenvalue weighted by Crippen LogP contribution is 2.17. The van der Waals surface area contributed by atoms with Gasteiger partial charge >= 0.3 is 0 Å². The van der Waals surface area contributed by atoms with Crippen molar-refractivity contribution in [3.05, 3.63) is 42.0 Å². The molecule has 0 aliphatic carbocycles. The second-order valence-electron chi connectivity index (χ2n) is 7.06. The van der Waals surface area contributed by atoms with Gasteiger partial charge in [0, 0.05) is 58.3 Å². The summed E-state index contributed by atoms with van der Waals surface area (Å²) in [5.74, 6) is 2.65. The Hall–Kier alpha value is -1.92. The fourth-order valence-electron chi connectivity index (χ4n) is 3.33. The Morgan fingerprint density at radius 2 is 2.00 bits per heavy atom. The number of benzene rings is 1. The van der Waals surface area contributed by atoms with E-state index < -0.39 is 0 Å². The molecule has 172 valence electrons. The van der Waals surface area contributed by atoms with Gasteiger partial charge in [0.1, 0.15) is 24.5 Å². The second kappa shape index (κ2) is 14.2. The summed E-state index contributed by atoms with van der Waals surface area (Å²) in [7, 11) is 1.77. The van der Waals surface area contributed by atoms with Crippen molar-refractivity contribution >= 4 is 29.9 Å². The van der Waals surface area contributed by atoms with Gasteiger partial charge in [-0.2, -0.15) is 0 Å². The number of halogens is 1. The Balaban J connectivity index is 0.00000341. The summed E-state index contributed by atoms with van der Waals surface area (Å²) in [5, 5.41) is 14.8. The molecule has 0 radical (unpaired) electrons. The van der Waals surface area contributed by atoms with E-state index in [2.05, 4.69) is 48.3 Å². The molecule has 1 aromatic heterocycles. The van der Waals surface area contributed by atoms with Crippen LogP contribution in [-0.2, 0) is 24.2 Å². The summed E-state index contributed by atoms with van der Waals surface area (Å²) in [5.41, 5.74) is 1.11. The number of nitrogens with one attached hydrogen (secondary N) is 2. The molecule has 0 amide bonds. The molecule has 0 spiro atoms. The van der Waals surface area contributed by atoms with Crippen molar-refractivity contribution in [2.45, 2.75) is 26.4 Å². The number of guanidine groups is 1. The maximum atomic E-state index is 6.06. The molecule has 0 atom stereocenters. The number of hydrogen-bond donors (Lipinski definition) is 2. The van der Waals surface area contributed by atoms with Crippen LogP contribution in [0.2, 0.25) is 0 Å². The van der Waals surface area contributed by atoms with Crippen molar-refractivity contribution in [1.82, 2.24) is 30.3 Å². The molecule has 0 unspecified atom stereocenters. The number of aryl methyl sites for hydroxylation is 1. The zero-order chi connectivity index (χ0) is 21.0. The molecule has 1 aliphatic rings. The molecule has 10 heteroatoms. The molecule has 0 saturated carbocycles. The van der Waals surface area contributed by atoms with Crippen LogP contribution in [-0.4, -0.2) is 78.7 Å². The van der Waals surface area contributed by atoms with Crippen molar-refractivity contribution in [3.8, 4) is 5.75 Å². The van der Waals surface area contributed by atoms with E-state index in [1.807, 2.05) is 18.2 Å². The van der Waals surface area contributed by atoms with Crippen molar-refractivity contribution in [2.24, 2.45) is 4.99 Å². The minimum Gasteiger partial charge on any atom is -0.492 e. The highest BCUT2D eigenvalue weighted by atomic mass is 127. The van der Waals surface area contributed by atoms with Crippen molar-refractivity contribution in [2.75, 3.05) is 53.0 Å². The SMILES string of the molecule is CCc1nncn1CCNC(=NC)NCc1ccccc1OCCN1CCOCC1.I. The molecular formula is C21H34IN7O2. The smallest absolute Gasteiger partial charge is 0.191 e. The lowest BCUT2D eigenvalue weighted by atomic mass is 10.2. The number of nitrogens with zero attached hydrogens (tertiary/aromatic N) is 5. The topological polar surface area (TPSA) is 88.8 Å². The van der Waals surface area contributed by atoms with Crippen LogP contribution in [0.25, 0.3) is 0 Å². The largest absolute Gasteiger partial charge is 0.492 e. The molecule has 2 N–H and O–H groups in total. The van der Waals surface area contributed by atoms with Gasteiger partial charge in [-0.15, -0.1) is 34.2 Å². The molecule has 3 rings (SSSR count). The van der Waals surface area contributed by atoms with E-state index in [-0.39, 0.29) is 24.0 Å². The summed E-state index contributed by atoms with van der Waals surface area (Å²) < 4.78 is 13.5. The number of hydrogen-bond acceptors (Lipinski definition) is 6. The van der Waals surface area contributed by atoms with E-state index in [1.165, 1.54) is 0 Å². The van der Waals surface area contributed by atoms with E-state index in [0.717, 1.165) is 75.5 Å². The lowest BCUT2D eigenvalue weighted by Crippen LogP contribution is -2.39. The first kappa shape index (κ1) is 25.3. The van der Waals surface area contributed by atoms with Gasteiger partial charge in [-0.05, 0) is 6.07 Å². The Bertz CT molecular complexity index is 794. The molecule has 2 aromatic rings. The number of rotatable bonds is 10. The Kier molecular flexibility index (Phi) is 11.6. The molecule has 1 fully saturated rings. The van der Waals surface area contributed by atoms with Gasteiger partial charge in [-0.3, -0.25) is 9.89 Å².